The van der Waals surface area contributed by atoms with Gasteiger partial charge in [0.25, 0.3) is 0 Å². The molecule has 0 saturated heterocycles. The molecule has 1 fully saturated rings. The van der Waals surface area contributed by atoms with Gasteiger partial charge in [-0.1, -0.05) is 59.8 Å². The fourth-order valence-electron chi connectivity index (χ4n) is 4.99. The van der Waals surface area contributed by atoms with E-state index in [2.05, 4.69) is 5.16 Å². The van der Waals surface area contributed by atoms with Crippen LogP contribution in [0.3, 0.4) is 0 Å². The van der Waals surface area contributed by atoms with Crippen LogP contribution in [-0.2, 0) is 21.1 Å². The van der Waals surface area contributed by atoms with Gasteiger partial charge in [-0.15, -0.1) is 0 Å². The molecule has 5 rings (SSSR count). The quantitative estimate of drug-likeness (QED) is 0.232. The van der Waals surface area contributed by atoms with Crippen molar-refractivity contribution in [2.75, 3.05) is 11.5 Å². The van der Waals surface area contributed by atoms with Gasteiger partial charge in [0, 0.05) is 11.0 Å². The van der Waals surface area contributed by atoms with Crippen molar-refractivity contribution in [2.45, 2.75) is 44.7 Å². The van der Waals surface area contributed by atoms with E-state index in [0.717, 1.165) is 46.6 Å². The summed E-state index contributed by atoms with van der Waals surface area (Å²) in [7, 11) is 0. The molecule has 1 saturated carbocycles. The molecule has 1 aliphatic rings. The Hall–Kier alpha value is -4.60. The maximum Gasteiger partial charge on any atom is 0.419 e. The van der Waals surface area contributed by atoms with Gasteiger partial charge >= 0.3 is 18.2 Å². The van der Waals surface area contributed by atoms with Crippen molar-refractivity contribution in [2.24, 2.45) is 0 Å². The van der Waals surface area contributed by atoms with E-state index in [1.807, 2.05) is 36.4 Å². The minimum Gasteiger partial charge on any atom is -0.481 e. The van der Waals surface area contributed by atoms with Gasteiger partial charge < -0.3 is 14.4 Å². The Morgan fingerprint density at radius 2 is 1.61 bits per heavy atom. The summed E-state index contributed by atoms with van der Waals surface area (Å²) in [6, 6.07) is 19.5. The normalized spacial score (nSPS) is 14.0. The van der Waals surface area contributed by atoms with Crippen molar-refractivity contribution in [3.05, 3.63) is 89.6 Å². The number of hydrogen-bond donors (Lipinski definition) is 1. The Kier molecular flexibility index (Phi) is 7.33. The van der Waals surface area contributed by atoms with E-state index in [0.29, 0.717) is 11.3 Å². The first-order valence-electron chi connectivity index (χ1n) is 13.1. The highest BCUT2D eigenvalue weighted by molar-refractivity contribution is 6.00. The molecule has 0 radical (unpaired) electrons. The highest BCUT2D eigenvalue weighted by Crippen LogP contribution is 2.51. The fraction of sp³-hybridized carbons (Fsp3) is 0.258. The van der Waals surface area contributed by atoms with Gasteiger partial charge in [0.15, 0.2) is 5.76 Å². The first-order chi connectivity index (χ1) is 19.5. The number of rotatable bonds is 8. The Labute approximate surface area is 234 Å². The Bertz CT molecular complexity index is 1570. The van der Waals surface area contributed by atoms with Crippen LogP contribution in [0.4, 0.5) is 29.3 Å². The monoisotopic (exact) mass is 564 g/mol. The lowest BCUT2D eigenvalue weighted by molar-refractivity contribution is -0.138. The number of aliphatic carboxylic acids is 1. The summed E-state index contributed by atoms with van der Waals surface area (Å²) in [5.74, 6) is -0.613. The van der Waals surface area contributed by atoms with Crippen LogP contribution >= 0.6 is 0 Å². The molecule has 1 heterocycles. The number of carboxylic acid groups (broad SMARTS) is 1. The topological polar surface area (TPSA) is 92.9 Å². The third-order valence-electron chi connectivity index (χ3n) is 7.26. The minimum atomic E-state index is -4.60. The van der Waals surface area contributed by atoms with E-state index in [4.69, 9.17) is 9.26 Å². The third-order valence-corrected chi connectivity index (χ3v) is 7.26. The van der Waals surface area contributed by atoms with Crippen molar-refractivity contribution < 1.29 is 37.1 Å². The number of nitrogens with zero attached hydrogens (tertiary/aromatic N) is 2. The number of alkyl halides is 3. The van der Waals surface area contributed by atoms with Crippen LogP contribution in [0.1, 0.15) is 43.0 Å². The molecule has 3 aromatic carbocycles. The van der Waals surface area contributed by atoms with Gasteiger partial charge in [0.05, 0.1) is 24.3 Å². The summed E-state index contributed by atoms with van der Waals surface area (Å²) in [6.07, 6.45) is -3.65. The number of aryl methyl sites for hydroxylation is 1. The highest BCUT2D eigenvalue weighted by Gasteiger charge is 2.45. The number of amides is 1. The average Bonchev–Trinajstić information content (AvgIpc) is 3.62. The van der Waals surface area contributed by atoms with Crippen LogP contribution in [0.5, 0.6) is 0 Å². The summed E-state index contributed by atoms with van der Waals surface area (Å²) in [4.78, 5) is 25.4. The van der Waals surface area contributed by atoms with Crippen LogP contribution in [0, 0.1) is 6.92 Å². The number of anilines is 2. The maximum absolute atomic E-state index is 13.5. The summed E-state index contributed by atoms with van der Waals surface area (Å²) < 4.78 is 51.2. The number of ether oxygens (including phenoxy) is 1. The zero-order valence-corrected chi connectivity index (χ0v) is 22.4. The van der Waals surface area contributed by atoms with Crippen molar-refractivity contribution in [1.29, 1.82) is 0 Å². The molecule has 212 valence electrons. The lowest BCUT2D eigenvalue weighted by Gasteiger charge is -2.23. The number of benzene rings is 3. The molecular formula is C31H27F3N2O5. The standard InChI is InChI=1S/C31H27F3N2O5/c1-3-40-29(39)36(25-6-4-5-24(17-25)31(32,33)34)27-19(2)35-41-28(27)22-9-7-20(8-10-22)21-11-13-23(14-12-21)30(15-16-30)18-26(37)38/h4-14,17H,3,15-16,18H2,1-2H3,(H,37,38). The molecule has 0 atom stereocenters. The van der Waals surface area contributed by atoms with Gasteiger partial charge in [0.2, 0.25) is 0 Å². The van der Waals surface area contributed by atoms with E-state index >= 15 is 0 Å². The third kappa shape index (κ3) is 5.68. The summed E-state index contributed by atoms with van der Waals surface area (Å²) in [6.45, 7) is 3.21. The number of aromatic nitrogens is 1. The molecule has 1 aromatic heterocycles. The summed E-state index contributed by atoms with van der Waals surface area (Å²) >= 11 is 0. The number of halogens is 3. The summed E-state index contributed by atoms with van der Waals surface area (Å²) in [5.41, 5.74) is 2.62. The second-order valence-corrected chi connectivity index (χ2v) is 10.0. The van der Waals surface area contributed by atoms with E-state index in [-0.39, 0.29) is 35.6 Å². The number of carboxylic acids is 1. The van der Waals surface area contributed by atoms with Gasteiger partial charge in [-0.3, -0.25) is 4.79 Å². The Balaban J connectivity index is 1.47. The molecule has 0 bridgehead atoms. The number of carbonyl (C=O) groups excluding carboxylic acids is 1. The molecule has 10 heteroatoms. The molecule has 0 aliphatic heterocycles. The van der Waals surface area contributed by atoms with E-state index < -0.39 is 23.8 Å². The molecule has 7 nitrogen and oxygen atoms in total. The predicted molar refractivity (Wildman–Crippen MR) is 146 cm³/mol. The van der Waals surface area contributed by atoms with Crippen LogP contribution in [0.2, 0.25) is 0 Å². The predicted octanol–water partition coefficient (Wildman–Crippen LogP) is 8.14. The molecular weight excluding hydrogens is 537 g/mol. The zero-order valence-electron chi connectivity index (χ0n) is 22.4. The number of hydrogen-bond acceptors (Lipinski definition) is 5. The van der Waals surface area contributed by atoms with Crippen LogP contribution in [0.15, 0.2) is 77.3 Å². The Morgan fingerprint density at radius 1 is 1.00 bits per heavy atom. The second kappa shape index (κ2) is 10.8. The zero-order chi connectivity index (χ0) is 29.4. The van der Waals surface area contributed by atoms with Crippen LogP contribution in [-0.4, -0.2) is 28.9 Å². The molecule has 0 unspecified atom stereocenters. The maximum atomic E-state index is 13.5. The lowest BCUT2D eigenvalue weighted by atomic mass is 9.91. The van der Waals surface area contributed by atoms with Crippen molar-refractivity contribution in [3.8, 4) is 22.5 Å². The molecule has 1 N–H and O–H groups in total. The van der Waals surface area contributed by atoms with Crippen LogP contribution < -0.4 is 4.90 Å². The molecule has 0 spiro atoms. The average molecular weight is 565 g/mol. The van der Waals surface area contributed by atoms with Crippen molar-refractivity contribution in [3.63, 3.8) is 0 Å². The van der Waals surface area contributed by atoms with E-state index in [1.54, 1.807) is 26.0 Å². The molecule has 4 aromatic rings. The van der Waals surface area contributed by atoms with Crippen molar-refractivity contribution >= 4 is 23.4 Å². The van der Waals surface area contributed by atoms with Gasteiger partial charge in [-0.25, -0.2) is 9.69 Å². The molecule has 41 heavy (non-hydrogen) atoms. The molecule has 1 aliphatic carbocycles. The van der Waals surface area contributed by atoms with Crippen molar-refractivity contribution in [1.82, 2.24) is 5.16 Å². The second-order valence-electron chi connectivity index (χ2n) is 10.0. The van der Waals surface area contributed by atoms with E-state index in [9.17, 15) is 27.9 Å². The SMILES string of the molecule is CCOC(=O)N(c1cccc(C(F)(F)F)c1)c1c(C)noc1-c1ccc(-c2ccc(C3(CC(=O)O)CC3)cc2)cc1. The lowest BCUT2D eigenvalue weighted by Crippen LogP contribution is -2.28. The minimum absolute atomic E-state index is 0.0128. The number of carbonyl (C=O) groups is 2. The van der Waals surface area contributed by atoms with Gasteiger partial charge in [-0.2, -0.15) is 13.2 Å². The first kappa shape index (κ1) is 27.9. The Morgan fingerprint density at radius 3 is 2.17 bits per heavy atom. The molecule has 1 amide bonds. The first-order valence-corrected chi connectivity index (χ1v) is 13.1. The fourth-order valence-corrected chi connectivity index (χ4v) is 4.99. The van der Waals surface area contributed by atoms with Crippen LogP contribution in [0.25, 0.3) is 22.5 Å². The largest absolute Gasteiger partial charge is 0.481 e. The smallest absolute Gasteiger partial charge is 0.419 e. The van der Waals surface area contributed by atoms with E-state index in [1.165, 1.54) is 12.1 Å². The highest BCUT2D eigenvalue weighted by atomic mass is 19.4. The van der Waals surface area contributed by atoms with Gasteiger partial charge in [0.1, 0.15) is 11.4 Å². The van der Waals surface area contributed by atoms with Gasteiger partial charge in [-0.05, 0) is 61.6 Å². The summed E-state index contributed by atoms with van der Waals surface area (Å²) in [5, 5.41) is 13.2.